The van der Waals surface area contributed by atoms with Crippen LogP contribution < -0.4 is 5.73 Å². The molecule has 0 bridgehead atoms. The number of carboxylic acid groups (broad SMARTS) is 1. The van der Waals surface area contributed by atoms with Crippen LogP contribution in [0, 0.1) is 0 Å². The number of carboxylic acids is 1. The Labute approximate surface area is 104 Å². The minimum Gasteiger partial charge on any atom is -0.481 e. The molecule has 0 fully saturated rings. The summed E-state index contributed by atoms with van der Waals surface area (Å²) in [6, 6.07) is 7.66. The molecule has 1 rings (SSSR count). The molecule has 0 unspecified atom stereocenters. The van der Waals surface area contributed by atoms with E-state index in [4.69, 9.17) is 23.1 Å². The van der Waals surface area contributed by atoms with Crippen molar-refractivity contribution in [3.05, 3.63) is 35.4 Å². The molecule has 16 heavy (non-hydrogen) atoms. The third-order valence-corrected chi connectivity index (χ3v) is 3.23. The van der Waals surface area contributed by atoms with E-state index in [-0.39, 0.29) is 6.42 Å². The van der Waals surface area contributed by atoms with Gasteiger partial charge in [0.25, 0.3) is 0 Å². The average molecular weight is 255 g/mol. The number of hydrogen-bond acceptors (Lipinski definition) is 3. The summed E-state index contributed by atoms with van der Waals surface area (Å²) in [6.45, 7) is 0. The smallest absolute Gasteiger partial charge is 0.304 e. The molecule has 86 valence electrons. The van der Waals surface area contributed by atoms with E-state index in [1.54, 1.807) is 11.8 Å². The summed E-state index contributed by atoms with van der Waals surface area (Å²) in [5, 5.41) is 8.50. The van der Waals surface area contributed by atoms with E-state index in [1.807, 2.05) is 24.3 Å². The maximum atomic E-state index is 10.3. The first-order chi connectivity index (χ1) is 7.61. The molecule has 0 spiro atoms. The van der Waals surface area contributed by atoms with Crippen molar-refractivity contribution in [2.75, 3.05) is 5.75 Å². The van der Waals surface area contributed by atoms with Gasteiger partial charge in [-0.1, -0.05) is 36.5 Å². The van der Waals surface area contributed by atoms with Gasteiger partial charge in [0.1, 0.15) is 4.99 Å². The topological polar surface area (TPSA) is 63.3 Å². The molecular formula is C11H13NO2S2. The lowest BCUT2D eigenvalue weighted by Crippen LogP contribution is -2.11. The first-order valence-electron chi connectivity index (χ1n) is 4.78. The van der Waals surface area contributed by atoms with Crippen LogP contribution in [0.3, 0.4) is 0 Å². The second kappa shape index (κ2) is 6.50. The van der Waals surface area contributed by atoms with E-state index in [1.165, 1.54) is 0 Å². The molecule has 0 amide bonds. The first kappa shape index (κ1) is 13.0. The standard InChI is InChI=1S/C11H13NO2S2/c12-11(15)9-4-2-1-3-8(9)7-16-6-5-10(13)14/h1-4H,5-7H2,(H2,12,15)(H,13,14). The number of benzene rings is 1. The summed E-state index contributed by atoms with van der Waals surface area (Å²) in [5.74, 6) is 0.567. The van der Waals surface area contributed by atoms with Crippen molar-refractivity contribution in [1.29, 1.82) is 0 Å². The van der Waals surface area contributed by atoms with E-state index < -0.39 is 5.97 Å². The summed E-state index contributed by atoms with van der Waals surface area (Å²) >= 11 is 6.51. The Morgan fingerprint density at radius 2 is 2.12 bits per heavy atom. The summed E-state index contributed by atoms with van der Waals surface area (Å²) < 4.78 is 0. The highest BCUT2D eigenvalue weighted by atomic mass is 32.2. The Morgan fingerprint density at radius 3 is 2.75 bits per heavy atom. The Kier molecular flexibility index (Phi) is 5.28. The molecule has 1 aromatic rings. The van der Waals surface area contributed by atoms with Crippen LogP contribution in [0.25, 0.3) is 0 Å². The van der Waals surface area contributed by atoms with Crippen LogP contribution in [0.5, 0.6) is 0 Å². The monoisotopic (exact) mass is 255 g/mol. The summed E-state index contributed by atoms with van der Waals surface area (Å²) in [7, 11) is 0. The van der Waals surface area contributed by atoms with Gasteiger partial charge in [0.2, 0.25) is 0 Å². The van der Waals surface area contributed by atoms with Gasteiger partial charge < -0.3 is 10.8 Å². The van der Waals surface area contributed by atoms with Crippen molar-refractivity contribution < 1.29 is 9.90 Å². The molecular weight excluding hydrogens is 242 g/mol. The highest BCUT2D eigenvalue weighted by Crippen LogP contribution is 2.17. The van der Waals surface area contributed by atoms with Crippen LogP contribution in [0.2, 0.25) is 0 Å². The number of aliphatic carboxylic acids is 1. The Morgan fingerprint density at radius 1 is 1.44 bits per heavy atom. The lowest BCUT2D eigenvalue weighted by molar-refractivity contribution is -0.136. The van der Waals surface area contributed by atoms with Crippen molar-refractivity contribution >= 4 is 34.9 Å². The minimum atomic E-state index is -0.768. The van der Waals surface area contributed by atoms with Crippen LogP contribution in [0.4, 0.5) is 0 Å². The third kappa shape index (κ3) is 4.20. The molecule has 1 aromatic carbocycles. The first-order valence-corrected chi connectivity index (χ1v) is 6.35. The van der Waals surface area contributed by atoms with E-state index in [0.717, 1.165) is 16.9 Å². The van der Waals surface area contributed by atoms with Crippen LogP contribution in [-0.2, 0) is 10.5 Å². The van der Waals surface area contributed by atoms with Crippen molar-refractivity contribution in [2.24, 2.45) is 5.73 Å². The van der Waals surface area contributed by atoms with E-state index in [0.29, 0.717) is 10.7 Å². The number of thioether (sulfide) groups is 1. The van der Waals surface area contributed by atoms with Crippen LogP contribution in [0.15, 0.2) is 24.3 Å². The number of thiocarbonyl (C=S) groups is 1. The zero-order valence-corrected chi connectivity index (χ0v) is 10.3. The predicted octanol–water partition coefficient (Wildman–Crippen LogP) is 2.03. The summed E-state index contributed by atoms with van der Waals surface area (Å²) in [6.07, 6.45) is 0.180. The molecule has 0 aromatic heterocycles. The lowest BCUT2D eigenvalue weighted by atomic mass is 10.1. The second-order valence-electron chi connectivity index (χ2n) is 3.22. The maximum Gasteiger partial charge on any atom is 0.304 e. The molecule has 3 nitrogen and oxygen atoms in total. The molecule has 0 radical (unpaired) electrons. The molecule has 0 aliphatic carbocycles. The molecule has 0 saturated heterocycles. The Balaban J connectivity index is 2.53. The zero-order valence-electron chi connectivity index (χ0n) is 8.68. The molecule has 0 atom stereocenters. The minimum absolute atomic E-state index is 0.180. The van der Waals surface area contributed by atoms with Crippen LogP contribution in [0.1, 0.15) is 17.5 Å². The van der Waals surface area contributed by atoms with Crippen molar-refractivity contribution in [3.8, 4) is 0 Å². The Bertz CT molecular complexity index is 393. The highest BCUT2D eigenvalue weighted by Gasteiger charge is 2.04. The highest BCUT2D eigenvalue weighted by molar-refractivity contribution is 7.98. The fourth-order valence-electron chi connectivity index (χ4n) is 1.23. The fourth-order valence-corrected chi connectivity index (χ4v) is 2.36. The number of carbonyl (C=O) groups is 1. The maximum absolute atomic E-state index is 10.3. The van der Waals surface area contributed by atoms with Crippen LogP contribution >= 0.6 is 24.0 Å². The molecule has 0 saturated carbocycles. The van der Waals surface area contributed by atoms with Gasteiger partial charge in [-0.25, -0.2) is 0 Å². The third-order valence-electron chi connectivity index (χ3n) is 2.00. The van der Waals surface area contributed by atoms with E-state index in [2.05, 4.69) is 0 Å². The van der Waals surface area contributed by atoms with Gasteiger partial charge in [-0.15, -0.1) is 0 Å². The van der Waals surface area contributed by atoms with Gasteiger partial charge in [0.05, 0.1) is 6.42 Å². The molecule has 0 heterocycles. The van der Waals surface area contributed by atoms with E-state index in [9.17, 15) is 4.79 Å². The van der Waals surface area contributed by atoms with Crippen molar-refractivity contribution in [3.63, 3.8) is 0 Å². The number of rotatable bonds is 6. The number of nitrogens with two attached hydrogens (primary N) is 1. The Hall–Kier alpha value is -1.07. The molecule has 5 heteroatoms. The van der Waals surface area contributed by atoms with Gasteiger partial charge in [0, 0.05) is 17.1 Å². The lowest BCUT2D eigenvalue weighted by Gasteiger charge is -2.06. The fraction of sp³-hybridized carbons (Fsp3) is 0.273. The molecule has 0 aliphatic rings. The summed E-state index contributed by atoms with van der Waals surface area (Å²) in [4.78, 5) is 10.7. The number of hydrogen-bond donors (Lipinski definition) is 2. The summed E-state index contributed by atoms with van der Waals surface area (Å²) in [5.41, 5.74) is 7.53. The van der Waals surface area contributed by atoms with Crippen molar-refractivity contribution in [2.45, 2.75) is 12.2 Å². The predicted molar refractivity (Wildman–Crippen MR) is 70.7 cm³/mol. The van der Waals surface area contributed by atoms with Gasteiger partial charge in [0.15, 0.2) is 0 Å². The van der Waals surface area contributed by atoms with Gasteiger partial charge in [-0.05, 0) is 5.56 Å². The normalized spacial score (nSPS) is 10.0. The molecule has 3 N–H and O–H groups in total. The van der Waals surface area contributed by atoms with Crippen molar-refractivity contribution in [1.82, 2.24) is 0 Å². The van der Waals surface area contributed by atoms with Crippen LogP contribution in [-0.4, -0.2) is 21.8 Å². The van der Waals surface area contributed by atoms with Gasteiger partial charge >= 0.3 is 5.97 Å². The van der Waals surface area contributed by atoms with Gasteiger partial charge in [-0.3, -0.25) is 4.79 Å². The average Bonchev–Trinajstić information content (AvgIpc) is 2.24. The van der Waals surface area contributed by atoms with E-state index >= 15 is 0 Å². The molecule has 0 aliphatic heterocycles. The second-order valence-corrected chi connectivity index (χ2v) is 4.76. The zero-order chi connectivity index (χ0) is 12.0. The quantitative estimate of drug-likeness (QED) is 0.601. The van der Waals surface area contributed by atoms with Gasteiger partial charge in [-0.2, -0.15) is 11.8 Å². The SMILES string of the molecule is NC(=S)c1ccccc1CSCCC(=O)O. The largest absolute Gasteiger partial charge is 0.481 e.